The topological polar surface area (TPSA) is 25.9 Å². The zero-order valence-corrected chi connectivity index (χ0v) is 27.8. The predicted molar refractivity (Wildman–Crippen MR) is 185 cm³/mol. The summed E-state index contributed by atoms with van der Waals surface area (Å²) in [6, 6.07) is 51.4. The molecule has 228 valence electrons. The molecule has 5 aromatic carbocycles. The van der Waals surface area contributed by atoms with Crippen LogP contribution in [0.1, 0.15) is 22.6 Å². The second-order valence-corrected chi connectivity index (χ2v) is 22.5. The molecule has 0 saturated carbocycles. The van der Waals surface area contributed by atoms with E-state index in [4.69, 9.17) is 4.98 Å². The van der Waals surface area contributed by atoms with Gasteiger partial charge in [0.2, 0.25) is 0 Å². The number of alkyl halides is 3. The zero-order chi connectivity index (χ0) is 30.4. The molecule has 5 nitrogen and oxygen atoms in total. The Hall–Kier alpha value is -4.82. The van der Waals surface area contributed by atoms with E-state index in [9.17, 15) is 0 Å². The van der Waals surface area contributed by atoms with Crippen molar-refractivity contribution in [3.63, 3.8) is 0 Å². The molecule has 7 heterocycles. The van der Waals surface area contributed by atoms with Crippen molar-refractivity contribution in [3.8, 4) is 0 Å². The number of anilines is 8. The quantitative estimate of drug-likeness (QED) is 0.121. The van der Waals surface area contributed by atoms with Gasteiger partial charge in [0, 0.05) is 0 Å². The summed E-state index contributed by atoms with van der Waals surface area (Å²) in [5.41, 5.74) is 13.6. The molecule has 0 fully saturated rings. The van der Waals surface area contributed by atoms with Gasteiger partial charge >= 0.3 is 280 Å². The number of hydrogen-bond donors (Lipinski definition) is 0. The van der Waals surface area contributed by atoms with Crippen LogP contribution in [0.4, 0.5) is 45.6 Å². The number of halogens is 1. The van der Waals surface area contributed by atoms with Crippen LogP contribution in [-0.2, 0) is 12.8 Å². The molecule has 0 saturated heterocycles. The summed E-state index contributed by atoms with van der Waals surface area (Å²) in [5.74, 6) is 1.55. The van der Waals surface area contributed by atoms with Gasteiger partial charge < -0.3 is 0 Å². The Balaban J connectivity index is 1.27. The van der Waals surface area contributed by atoms with Crippen LogP contribution >= 0.6 is 0 Å². The summed E-state index contributed by atoms with van der Waals surface area (Å²) in [7, 11) is 0. The summed E-state index contributed by atoms with van der Waals surface area (Å²) >= 11 is -3.55. The number of aromatic nitrogens is 1. The molecule has 0 radical (unpaired) electrons. The maximum atomic E-state index is 5.24. The number of para-hydroxylation sites is 4. The van der Waals surface area contributed by atoms with E-state index in [0.29, 0.717) is 9.84 Å². The van der Waals surface area contributed by atoms with Crippen molar-refractivity contribution in [3.05, 3.63) is 160 Å². The Morgan fingerprint density at radius 1 is 0.511 bits per heavy atom. The fourth-order valence-corrected chi connectivity index (χ4v) is 25.6. The van der Waals surface area contributed by atoms with Crippen molar-refractivity contribution < 1.29 is 18.4 Å². The molecule has 1 spiro atoms. The molecule has 13 rings (SSSR count). The molecule has 6 aliphatic heterocycles. The Bertz CT molecular complexity index is 2270. The van der Waals surface area contributed by atoms with E-state index in [-0.39, 0.29) is 8.35 Å². The van der Waals surface area contributed by atoms with Crippen molar-refractivity contribution in [2.75, 3.05) is 19.6 Å². The molecule has 1 aromatic heterocycles. The number of fused-ring (bicyclic) bond motifs is 11. The van der Waals surface area contributed by atoms with E-state index in [0.717, 1.165) is 18.7 Å². The van der Waals surface area contributed by atoms with E-state index >= 15 is 0 Å². The summed E-state index contributed by atoms with van der Waals surface area (Å²) in [5, 5.41) is 0. The van der Waals surface area contributed by atoms with Crippen LogP contribution in [0.25, 0.3) is 0 Å². The van der Waals surface area contributed by atoms with Gasteiger partial charge in [0.25, 0.3) is 0 Å². The normalized spacial score (nSPS) is 27.4. The number of nitrogens with zero attached hydrogens (tertiary/aromatic N) is 5. The van der Waals surface area contributed by atoms with E-state index in [1.807, 2.05) is 6.20 Å². The van der Waals surface area contributed by atoms with Crippen molar-refractivity contribution in [1.82, 2.24) is 4.98 Å². The number of pyridine rings is 1. The molecular weight excluding hydrogens is 689 g/mol. The van der Waals surface area contributed by atoms with Gasteiger partial charge in [0.05, 0.1) is 0 Å². The van der Waals surface area contributed by atoms with E-state index in [2.05, 4.69) is 153 Å². The summed E-state index contributed by atoms with van der Waals surface area (Å²) in [6.45, 7) is 0. The van der Waals surface area contributed by atoms with Crippen molar-refractivity contribution in [2.24, 2.45) is 0 Å². The van der Waals surface area contributed by atoms with Crippen LogP contribution in [0.2, 0.25) is 0 Å². The molecule has 5 unspecified atom stereocenters. The second kappa shape index (κ2) is 8.75. The van der Waals surface area contributed by atoms with Gasteiger partial charge in [-0.15, -0.1) is 0 Å². The third kappa shape index (κ3) is 2.92. The van der Waals surface area contributed by atoms with Crippen LogP contribution in [-0.4, -0.2) is 17.3 Å². The predicted octanol–water partition coefficient (Wildman–Crippen LogP) is 5.85. The van der Waals surface area contributed by atoms with Crippen molar-refractivity contribution >= 4 is 45.6 Å². The molecule has 47 heavy (non-hydrogen) atoms. The minimum atomic E-state index is -3.55. The van der Waals surface area contributed by atoms with Gasteiger partial charge in [-0.2, -0.15) is 0 Å². The minimum absolute atomic E-state index is 0.128. The molecule has 6 heteroatoms. The Morgan fingerprint density at radius 3 is 2.02 bits per heavy atom. The van der Waals surface area contributed by atoms with Crippen molar-refractivity contribution in [2.45, 2.75) is 31.0 Å². The van der Waals surface area contributed by atoms with Crippen molar-refractivity contribution in [1.29, 1.82) is 0 Å². The summed E-state index contributed by atoms with van der Waals surface area (Å²) in [6.07, 6.45) is 4.20. The summed E-state index contributed by atoms with van der Waals surface area (Å²) in [4.78, 5) is 16.2. The van der Waals surface area contributed by atoms with Gasteiger partial charge in [0.15, 0.2) is 0 Å². The first-order chi connectivity index (χ1) is 23.3. The Kier molecular flexibility index (Phi) is 4.71. The average molecular weight is 721 g/mol. The van der Waals surface area contributed by atoms with Crippen LogP contribution in [0.5, 0.6) is 0 Å². The Labute approximate surface area is 278 Å². The molecule has 5 atom stereocenters. The van der Waals surface area contributed by atoms with E-state index in [1.165, 1.54) is 56.5 Å². The molecule has 0 N–H and O–H groups in total. The fraction of sp³-hybridized carbons (Fsp3) is 0.146. The first-order valence-electron chi connectivity index (χ1n) is 16.6. The van der Waals surface area contributed by atoms with Crippen LogP contribution in [0, 0.1) is 3.57 Å². The van der Waals surface area contributed by atoms with Gasteiger partial charge in [-0.1, -0.05) is 0 Å². The van der Waals surface area contributed by atoms with E-state index in [1.54, 1.807) is 3.57 Å². The number of hydrogen-bond acceptors (Lipinski definition) is 5. The van der Waals surface area contributed by atoms with Gasteiger partial charge in [0.1, 0.15) is 0 Å². The van der Waals surface area contributed by atoms with Crippen LogP contribution in [0.3, 0.4) is 0 Å². The standard InChI is InChI=1S/C41H31IN5/c1-2-9-28(10-3-1)44-36-13-6-7-14-37(36)46-35-12-5-4-11-32(35)42(40(44)46)33-25-26-16-19-29(20-17-26)45-38-15-8-22-43-39(38)47(41(42)45)34-21-18-27-23-30(33)31(34)24-27/h1-22,24,30,33,40-41H,23,25H2/q-1. The monoisotopic (exact) mass is 720 g/mol. The molecule has 0 amide bonds. The summed E-state index contributed by atoms with van der Waals surface area (Å²) < 4.78 is 2.41. The maximum absolute atomic E-state index is 5.24. The molecular formula is C41H31IN5-. The van der Waals surface area contributed by atoms with Crippen LogP contribution in [0.15, 0.2) is 140 Å². The molecule has 6 aromatic rings. The SMILES string of the molecule is c1ccc(N2c3ccccc3N3c4ccccc4[I-]4(C5Cc6ccc(cc6)N6c7cccnc7N(c7ccc8cc7C5C8)C64)C23)cc1. The van der Waals surface area contributed by atoms with Gasteiger partial charge in [-0.05, 0) is 0 Å². The zero-order valence-electron chi connectivity index (χ0n) is 25.6. The van der Waals surface area contributed by atoms with E-state index < -0.39 is 18.4 Å². The van der Waals surface area contributed by atoms with Crippen LogP contribution < -0.4 is 38.0 Å². The first kappa shape index (κ1) is 25.3. The third-order valence-corrected chi connectivity index (χ3v) is 24.2. The second-order valence-electron chi connectivity index (χ2n) is 13.5. The fourth-order valence-electron chi connectivity index (χ4n) is 9.69. The number of benzene rings is 5. The third-order valence-electron chi connectivity index (χ3n) is 11.4. The van der Waals surface area contributed by atoms with Gasteiger partial charge in [-0.25, -0.2) is 0 Å². The first-order valence-corrected chi connectivity index (χ1v) is 21.4. The number of rotatable bonds is 1. The average Bonchev–Trinajstić information content (AvgIpc) is 3.84. The molecule has 7 aliphatic rings. The molecule has 1 aliphatic carbocycles. The Morgan fingerprint density at radius 2 is 1.17 bits per heavy atom. The van der Waals surface area contributed by atoms with Gasteiger partial charge in [-0.3, -0.25) is 0 Å². The molecule has 6 bridgehead atoms.